The van der Waals surface area contributed by atoms with E-state index in [-0.39, 0.29) is 17.9 Å². The molecule has 0 aliphatic carbocycles. The number of anilines is 1. The molecule has 3 rings (SSSR count). The number of nitrogens with one attached hydrogen (secondary N) is 2. The molecule has 4 N–H and O–H groups in total. The summed E-state index contributed by atoms with van der Waals surface area (Å²) in [6.45, 7) is 1.36. The van der Waals surface area contributed by atoms with E-state index >= 15 is 0 Å². The van der Waals surface area contributed by atoms with E-state index in [0.717, 1.165) is 16.3 Å². The van der Waals surface area contributed by atoms with Gasteiger partial charge in [0.15, 0.2) is 0 Å². The lowest BCUT2D eigenvalue weighted by Gasteiger charge is -2.18. The summed E-state index contributed by atoms with van der Waals surface area (Å²) in [6, 6.07) is 19.3. The zero-order valence-electron chi connectivity index (χ0n) is 15.4. The third-order valence-electron chi connectivity index (χ3n) is 4.44. The van der Waals surface area contributed by atoms with E-state index in [1.807, 2.05) is 42.5 Å². The lowest BCUT2D eigenvalue weighted by Crippen LogP contribution is -2.46. The summed E-state index contributed by atoms with van der Waals surface area (Å²) < 4.78 is 0. The van der Waals surface area contributed by atoms with E-state index in [1.54, 1.807) is 24.3 Å². The van der Waals surface area contributed by atoms with Gasteiger partial charge in [-0.15, -0.1) is 0 Å². The van der Waals surface area contributed by atoms with Crippen molar-refractivity contribution in [2.24, 2.45) is 5.73 Å². The molecule has 28 heavy (non-hydrogen) atoms. The van der Waals surface area contributed by atoms with Crippen molar-refractivity contribution in [1.29, 1.82) is 0 Å². The highest BCUT2D eigenvalue weighted by atomic mass is 16.2. The third-order valence-corrected chi connectivity index (χ3v) is 4.44. The van der Waals surface area contributed by atoms with Crippen molar-refractivity contribution in [2.75, 3.05) is 5.32 Å². The second-order valence-electron chi connectivity index (χ2n) is 6.50. The van der Waals surface area contributed by atoms with E-state index in [0.29, 0.717) is 5.69 Å². The van der Waals surface area contributed by atoms with E-state index in [1.165, 1.54) is 6.92 Å². The summed E-state index contributed by atoms with van der Waals surface area (Å²) in [4.78, 5) is 36.1. The summed E-state index contributed by atoms with van der Waals surface area (Å²) in [5.41, 5.74) is 7.11. The quantitative estimate of drug-likeness (QED) is 0.617. The van der Waals surface area contributed by atoms with Crippen molar-refractivity contribution >= 4 is 34.2 Å². The first-order chi connectivity index (χ1) is 13.5. The van der Waals surface area contributed by atoms with Gasteiger partial charge in [-0.1, -0.05) is 54.6 Å². The molecule has 0 heterocycles. The fourth-order valence-electron chi connectivity index (χ4n) is 3.13. The van der Waals surface area contributed by atoms with Crippen LogP contribution in [0.2, 0.25) is 0 Å². The van der Waals surface area contributed by atoms with Gasteiger partial charge in [0.05, 0.1) is 11.3 Å². The molecule has 0 bridgehead atoms. The molecule has 0 aromatic heterocycles. The maximum absolute atomic E-state index is 12.7. The Morgan fingerprint density at radius 3 is 2.36 bits per heavy atom. The minimum atomic E-state index is -0.885. The average Bonchev–Trinajstić information content (AvgIpc) is 2.67. The lowest BCUT2D eigenvalue weighted by molar-refractivity contribution is -0.119. The smallest absolute Gasteiger partial charge is 0.254 e. The topological polar surface area (TPSA) is 101 Å². The Hall–Kier alpha value is -3.67. The zero-order valence-corrected chi connectivity index (χ0v) is 15.4. The van der Waals surface area contributed by atoms with E-state index in [9.17, 15) is 14.4 Å². The molecule has 0 fully saturated rings. The van der Waals surface area contributed by atoms with Crippen LogP contribution in [-0.4, -0.2) is 23.8 Å². The number of fused-ring (bicyclic) bond motifs is 1. The second-order valence-corrected chi connectivity index (χ2v) is 6.50. The molecule has 142 valence electrons. The van der Waals surface area contributed by atoms with Gasteiger partial charge in [0, 0.05) is 13.3 Å². The number of hydrogen-bond acceptors (Lipinski definition) is 3. The first kappa shape index (κ1) is 19.1. The minimum Gasteiger partial charge on any atom is -0.368 e. The molecule has 3 aromatic carbocycles. The first-order valence-corrected chi connectivity index (χ1v) is 8.89. The first-order valence-electron chi connectivity index (χ1n) is 8.89. The maximum atomic E-state index is 12.7. The molecule has 0 saturated carbocycles. The molecule has 6 nitrogen and oxygen atoms in total. The third kappa shape index (κ3) is 4.35. The van der Waals surface area contributed by atoms with Gasteiger partial charge in [0.25, 0.3) is 5.91 Å². The number of rotatable bonds is 6. The van der Waals surface area contributed by atoms with Crippen molar-refractivity contribution in [3.63, 3.8) is 0 Å². The highest BCUT2D eigenvalue weighted by Gasteiger charge is 2.22. The van der Waals surface area contributed by atoms with Crippen LogP contribution < -0.4 is 16.4 Å². The van der Waals surface area contributed by atoms with Gasteiger partial charge in [-0.25, -0.2) is 0 Å². The van der Waals surface area contributed by atoms with Gasteiger partial charge >= 0.3 is 0 Å². The van der Waals surface area contributed by atoms with Gasteiger partial charge in [0.2, 0.25) is 11.8 Å². The number of nitrogens with two attached hydrogens (primary N) is 1. The van der Waals surface area contributed by atoms with Gasteiger partial charge in [-0.05, 0) is 28.5 Å². The van der Waals surface area contributed by atoms with Crippen molar-refractivity contribution in [3.05, 3.63) is 77.9 Å². The van der Waals surface area contributed by atoms with Crippen molar-refractivity contribution < 1.29 is 14.4 Å². The van der Waals surface area contributed by atoms with Crippen LogP contribution in [0.4, 0.5) is 5.69 Å². The number of hydrogen-bond donors (Lipinski definition) is 3. The summed E-state index contributed by atoms with van der Waals surface area (Å²) in [5.74, 6) is -1.39. The Morgan fingerprint density at radius 2 is 1.61 bits per heavy atom. The Bertz CT molecular complexity index is 1040. The monoisotopic (exact) mass is 375 g/mol. The Kier molecular flexibility index (Phi) is 5.69. The molecule has 0 aliphatic heterocycles. The standard InChI is InChI=1S/C22H21N3O3/c1-14(26)24-19-12-5-4-11-18(19)22(28)25-20(21(23)27)13-16-9-6-8-15-7-2-3-10-17(15)16/h2-12,20H,13H2,1H3,(H2,23,27)(H,24,26)(H,25,28)/t20-/m1/s1. The number of benzene rings is 3. The summed E-state index contributed by atoms with van der Waals surface area (Å²) in [6.07, 6.45) is 0.269. The van der Waals surface area contributed by atoms with E-state index in [4.69, 9.17) is 5.73 Å². The highest BCUT2D eigenvalue weighted by Crippen LogP contribution is 2.20. The zero-order chi connectivity index (χ0) is 20.1. The normalized spacial score (nSPS) is 11.6. The van der Waals surface area contributed by atoms with Gasteiger partial charge in [-0.3, -0.25) is 14.4 Å². The van der Waals surface area contributed by atoms with Crippen molar-refractivity contribution in [2.45, 2.75) is 19.4 Å². The van der Waals surface area contributed by atoms with Crippen molar-refractivity contribution in [3.8, 4) is 0 Å². The van der Waals surface area contributed by atoms with Gasteiger partial charge in [-0.2, -0.15) is 0 Å². The average molecular weight is 375 g/mol. The fraction of sp³-hybridized carbons (Fsp3) is 0.136. The van der Waals surface area contributed by atoms with Gasteiger partial charge in [0.1, 0.15) is 6.04 Å². The van der Waals surface area contributed by atoms with Crippen LogP contribution >= 0.6 is 0 Å². The van der Waals surface area contributed by atoms with E-state index in [2.05, 4.69) is 10.6 Å². The minimum absolute atomic E-state index is 0.266. The SMILES string of the molecule is CC(=O)Nc1ccccc1C(=O)N[C@H](Cc1cccc2ccccc12)C(N)=O. The summed E-state index contributed by atoms with van der Waals surface area (Å²) in [5, 5.41) is 7.36. The predicted octanol–water partition coefficient (Wildman–Crippen LogP) is 2.62. The number of carbonyl (C=O) groups excluding carboxylic acids is 3. The Labute approximate surface area is 162 Å². The Balaban J connectivity index is 1.85. The van der Waals surface area contributed by atoms with Crippen LogP contribution in [0.5, 0.6) is 0 Å². The maximum Gasteiger partial charge on any atom is 0.254 e. The summed E-state index contributed by atoms with van der Waals surface area (Å²) in [7, 11) is 0. The van der Waals surface area contributed by atoms with Crippen molar-refractivity contribution in [1.82, 2.24) is 5.32 Å². The molecule has 0 spiro atoms. The largest absolute Gasteiger partial charge is 0.368 e. The van der Waals surface area contributed by atoms with Crippen LogP contribution in [0.3, 0.4) is 0 Å². The molecule has 6 heteroatoms. The van der Waals surface area contributed by atoms with Gasteiger partial charge < -0.3 is 16.4 Å². The van der Waals surface area contributed by atoms with E-state index < -0.39 is 17.9 Å². The molecular formula is C22H21N3O3. The predicted molar refractivity (Wildman–Crippen MR) is 109 cm³/mol. The van der Waals surface area contributed by atoms with Crippen LogP contribution in [0.1, 0.15) is 22.8 Å². The molecule has 0 aliphatic rings. The fourth-order valence-corrected chi connectivity index (χ4v) is 3.13. The second kappa shape index (κ2) is 8.35. The molecule has 3 aromatic rings. The van der Waals surface area contributed by atoms with Crippen LogP contribution in [0.25, 0.3) is 10.8 Å². The number of carbonyl (C=O) groups is 3. The number of primary amides is 1. The number of amides is 3. The molecule has 0 saturated heterocycles. The molecule has 1 atom stereocenters. The Morgan fingerprint density at radius 1 is 0.929 bits per heavy atom. The highest BCUT2D eigenvalue weighted by molar-refractivity contribution is 6.04. The molecule has 3 amide bonds. The molecule has 0 radical (unpaired) electrons. The van der Waals surface area contributed by atoms with Crippen LogP contribution in [0, 0.1) is 0 Å². The summed E-state index contributed by atoms with van der Waals surface area (Å²) >= 11 is 0. The van der Waals surface area contributed by atoms with Crippen LogP contribution in [0.15, 0.2) is 66.7 Å². The molecule has 0 unspecified atom stereocenters. The number of para-hydroxylation sites is 1. The molecular weight excluding hydrogens is 354 g/mol. The lowest BCUT2D eigenvalue weighted by atomic mass is 9.98. The van der Waals surface area contributed by atoms with Crippen LogP contribution in [-0.2, 0) is 16.0 Å².